The van der Waals surface area contributed by atoms with Crippen molar-refractivity contribution in [3.8, 4) is 0 Å². The number of aliphatic carboxylic acids is 1. The highest BCUT2D eigenvalue weighted by atomic mass is 16.6. The maximum absolute atomic E-state index is 10.9. The summed E-state index contributed by atoms with van der Waals surface area (Å²) < 4.78 is 0. The molecule has 0 aliphatic heterocycles. The van der Waals surface area contributed by atoms with Crippen LogP contribution in [0.25, 0.3) is 0 Å². The van der Waals surface area contributed by atoms with Crippen molar-refractivity contribution in [1.82, 2.24) is 4.98 Å². The Balaban J connectivity index is 3.01. The minimum Gasteiger partial charge on any atom is -0.481 e. The predicted molar refractivity (Wildman–Crippen MR) is 65.5 cm³/mol. The van der Waals surface area contributed by atoms with Gasteiger partial charge in [-0.05, 0) is 26.8 Å². The molecule has 2 unspecified atom stereocenters. The highest BCUT2D eigenvalue weighted by molar-refractivity contribution is 5.71. The fourth-order valence-corrected chi connectivity index (χ4v) is 1.44. The van der Waals surface area contributed by atoms with Crippen LogP contribution < -0.4 is 5.32 Å². The number of hydrogen-bond donors (Lipinski definition) is 2. The number of aryl methyl sites for hydroxylation is 1. The van der Waals surface area contributed by atoms with E-state index in [0.29, 0.717) is 5.56 Å². The molecule has 0 amide bonds. The largest absolute Gasteiger partial charge is 0.481 e. The second-order valence-electron chi connectivity index (χ2n) is 4.14. The average Bonchev–Trinajstić information content (AvgIpc) is 2.27. The van der Waals surface area contributed by atoms with Gasteiger partial charge in [0.05, 0.1) is 10.8 Å². The molecular weight excluding hydrogens is 238 g/mol. The number of pyridine rings is 1. The van der Waals surface area contributed by atoms with E-state index in [1.165, 1.54) is 19.2 Å². The van der Waals surface area contributed by atoms with Crippen molar-refractivity contribution in [2.45, 2.75) is 26.8 Å². The standard InChI is InChI=1S/C11H15N3O4/c1-6-4-5-12-10(9(6)14(17)18)13-8(3)7(2)11(15)16/h4-5,7-8H,1-3H3,(H,12,13)(H,15,16). The van der Waals surface area contributed by atoms with Gasteiger partial charge >= 0.3 is 11.7 Å². The fraction of sp³-hybridized carbons (Fsp3) is 0.455. The normalized spacial score (nSPS) is 13.7. The molecule has 1 aromatic heterocycles. The Kier molecular flexibility index (Phi) is 4.19. The lowest BCUT2D eigenvalue weighted by Crippen LogP contribution is -2.30. The van der Waals surface area contributed by atoms with Crippen LogP contribution >= 0.6 is 0 Å². The molecule has 0 saturated heterocycles. The first-order valence-electron chi connectivity index (χ1n) is 5.44. The molecule has 0 aliphatic carbocycles. The average molecular weight is 253 g/mol. The summed E-state index contributed by atoms with van der Waals surface area (Å²) in [5.74, 6) is -1.54. The molecule has 1 rings (SSSR count). The lowest BCUT2D eigenvalue weighted by atomic mass is 10.0. The van der Waals surface area contributed by atoms with Gasteiger partial charge in [-0.25, -0.2) is 4.98 Å². The van der Waals surface area contributed by atoms with Gasteiger partial charge in [0.2, 0.25) is 5.82 Å². The molecule has 2 N–H and O–H groups in total. The molecule has 7 nitrogen and oxygen atoms in total. The number of anilines is 1. The Morgan fingerprint density at radius 3 is 2.67 bits per heavy atom. The molecule has 0 radical (unpaired) electrons. The summed E-state index contributed by atoms with van der Waals surface area (Å²) in [7, 11) is 0. The van der Waals surface area contributed by atoms with E-state index in [4.69, 9.17) is 5.11 Å². The molecule has 0 bridgehead atoms. The van der Waals surface area contributed by atoms with Crippen LogP contribution in [0.5, 0.6) is 0 Å². The molecule has 0 saturated carbocycles. The maximum Gasteiger partial charge on any atom is 0.314 e. The summed E-state index contributed by atoms with van der Waals surface area (Å²) in [4.78, 5) is 25.1. The minimum atomic E-state index is -0.967. The molecule has 1 heterocycles. The highest BCUT2D eigenvalue weighted by Crippen LogP contribution is 2.26. The van der Waals surface area contributed by atoms with Crippen molar-refractivity contribution in [3.63, 3.8) is 0 Å². The van der Waals surface area contributed by atoms with E-state index in [-0.39, 0.29) is 11.5 Å². The molecule has 2 atom stereocenters. The van der Waals surface area contributed by atoms with Gasteiger partial charge in [0, 0.05) is 17.8 Å². The molecule has 98 valence electrons. The van der Waals surface area contributed by atoms with Crippen molar-refractivity contribution in [1.29, 1.82) is 0 Å². The predicted octanol–water partition coefficient (Wildman–Crippen LogP) is 1.82. The molecule has 0 fully saturated rings. The number of carboxylic acids is 1. The smallest absolute Gasteiger partial charge is 0.314 e. The summed E-state index contributed by atoms with van der Waals surface area (Å²) in [5.41, 5.74) is 0.356. The van der Waals surface area contributed by atoms with Crippen LogP contribution in [0.2, 0.25) is 0 Å². The number of nitro groups is 1. The SMILES string of the molecule is Cc1ccnc(NC(C)C(C)C(=O)O)c1[N+](=O)[O-]. The first kappa shape index (κ1) is 13.9. The molecule has 7 heteroatoms. The zero-order valence-electron chi connectivity index (χ0n) is 10.4. The van der Waals surface area contributed by atoms with Gasteiger partial charge in [0.15, 0.2) is 0 Å². The Morgan fingerprint density at radius 2 is 2.17 bits per heavy atom. The van der Waals surface area contributed by atoms with Gasteiger partial charge in [0.25, 0.3) is 0 Å². The second-order valence-corrected chi connectivity index (χ2v) is 4.14. The van der Waals surface area contributed by atoms with Crippen LogP contribution in [0.1, 0.15) is 19.4 Å². The lowest BCUT2D eigenvalue weighted by Gasteiger charge is -2.18. The summed E-state index contributed by atoms with van der Waals surface area (Å²) >= 11 is 0. The molecule has 0 spiro atoms. The maximum atomic E-state index is 10.9. The van der Waals surface area contributed by atoms with Gasteiger partial charge in [-0.2, -0.15) is 0 Å². The van der Waals surface area contributed by atoms with E-state index in [1.807, 2.05) is 0 Å². The van der Waals surface area contributed by atoms with E-state index in [0.717, 1.165) is 0 Å². The van der Waals surface area contributed by atoms with E-state index in [2.05, 4.69) is 10.3 Å². The number of nitrogens with zero attached hydrogens (tertiary/aromatic N) is 2. The first-order valence-corrected chi connectivity index (χ1v) is 5.44. The monoisotopic (exact) mass is 253 g/mol. The van der Waals surface area contributed by atoms with Gasteiger partial charge in [0.1, 0.15) is 0 Å². The molecule has 1 aromatic rings. The van der Waals surface area contributed by atoms with Gasteiger partial charge in [-0.15, -0.1) is 0 Å². The van der Waals surface area contributed by atoms with Gasteiger partial charge in [-0.3, -0.25) is 14.9 Å². The van der Waals surface area contributed by atoms with E-state index in [1.54, 1.807) is 13.8 Å². The first-order chi connectivity index (χ1) is 8.34. The number of hydrogen-bond acceptors (Lipinski definition) is 5. The second kappa shape index (κ2) is 5.44. The van der Waals surface area contributed by atoms with E-state index in [9.17, 15) is 14.9 Å². The Morgan fingerprint density at radius 1 is 1.56 bits per heavy atom. The summed E-state index contributed by atoms with van der Waals surface area (Å²) in [5, 5.41) is 22.6. The van der Waals surface area contributed by atoms with Crippen LogP contribution in [0, 0.1) is 23.0 Å². The van der Waals surface area contributed by atoms with E-state index >= 15 is 0 Å². The van der Waals surface area contributed by atoms with Crippen molar-refractivity contribution in [2.75, 3.05) is 5.32 Å². The number of carboxylic acid groups (broad SMARTS) is 1. The summed E-state index contributed by atoms with van der Waals surface area (Å²) in [6, 6.07) is 1.07. The zero-order valence-corrected chi connectivity index (χ0v) is 10.4. The molecule has 18 heavy (non-hydrogen) atoms. The topological polar surface area (TPSA) is 105 Å². The van der Waals surface area contributed by atoms with Crippen molar-refractivity contribution < 1.29 is 14.8 Å². The third-order valence-corrected chi connectivity index (χ3v) is 2.81. The zero-order chi connectivity index (χ0) is 13.9. The number of nitrogens with one attached hydrogen (secondary N) is 1. The molecular formula is C11H15N3O4. The fourth-order valence-electron chi connectivity index (χ4n) is 1.44. The third kappa shape index (κ3) is 2.93. The number of carbonyl (C=O) groups is 1. The highest BCUT2D eigenvalue weighted by Gasteiger charge is 2.24. The summed E-state index contributed by atoms with van der Waals surface area (Å²) in [6.07, 6.45) is 1.45. The Bertz CT molecular complexity index is 475. The number of aromatic nitrogens is 1. The van der Waals surface area contributed by atoms with E-state index < -0.39 is 22.9 Å². The quantitative estimate of drug-likeness (QED) is 0.612. The van der Waals surface area contributed by atoms with Crippen molar-refractivity contribution in [2.24, 2.45) is 5.92 Å². The molecule has 0 aliphatic rings. The lowest BCUT2D eigenvalue weighted by molar-refractivity contribution is -0.384. The van der Waals surface area contributed by atoms with Crippen LogP contribution in [0.3, 0.4) is 0 Å². The van der Waals surface area contributed by atoms with Crippen LogP contribution in [0.15, 0.2) is 12.3 Å². The summed E-state index contributed by atoms with van der Waals surface area (Å²) in [6.45, 7) is 4.78. The Hall–Kier alpha value is -2.18. The van der Waals surface area contributed by atoms with Crippen LogP contribution in [0.4, 0.5) is 11.5 Å². The van der Waals surface area contributed by atoms with Crippen molar-refractivity contribution >= 4 is 17.5 Å². The van der Waals surface area contributed by atoms with Gasteiger partial charge < -0.3 is 10.4 Å². The molecule has 0 aromatic carbocycles. The Labute approximate surface area is 104 Å². The van der Waals surface area contributed by atoms with Crippen LogP contribution in [-0.4, -0.2) is 27.0 Å². The van der Waals surface area contributed by atoms with Gasteiger partial charge in [-0.1, -0.05) is 0 Å². The van der Waals surface area contributed by atoms with Crippen LogP contribution in [-0.2, 0) is 4.79 Å². The number of rotatable bonds is 5. The minimum absolute atomic E-state index is 0.0978. The van der Waals surface area contributed by atoms with Crippen molar-refractivity contribution in [3.05, 3.63) is 27.9 Å². The third-order valence-electron chi connectivity index (χ3n) is 2.81.